The third-order valence-corrected chi connectivity index (χ3v) is 6.40. The Bertz CT molecular complexity index is 606. The van der Waals surface area contributed by atoms with Crippen LogP contribution in [0.1, 0.15) is 92.4 Å². The summed E-state index contributed by atoms with van der Waals surface area (Å²) < 4.78 is 23.6. The number of hydrogen-bond acceptors (Lipinski definition) is 6. The van der Waals surface area contributed by atoms with Crippen molar-refractivity contribution in [2.45, 2.75) is 123 Å². The lowest BCUT2D eigenvalue weighted by Crippen LogP contribution is -2.27. The van der Waals surface area contributed by atoms with Crippen LogP contribution in [-0.2, 0) is 23.7 Å². The molecule has 0 spiro atoms. The van der Waals surface area contributed by atoms with Gasteiger partial charge in [-0.05, 0) is 59.3 Å². The van der Waals surface area contributed by atoms with Gasteiger partial charge in [-0.15, -0.1) is 0 Å². The van der Waals surface area contributed by atoms with Gasteiger partial charge in [0.05, 0.1) is 18.3 Å². The molecule has 0 aromatic carbocycles. The maximum atomic E-state index is 10.9. The van der Waals surface area contributed by atoms with E-state index in [1.165, 1.54) is 0 Å². The van der Waals surface area contributed by atoms with Crippen LogP contribution in [0.2, 0.25) is 0 Å². The largest absolute Gasteiger partial charge is 0.481 e. The maximum absolute atomic E-state index is 10.9. The van der Waals surface area contributed by atoms with Gasteiger partial charge >= 0.3 is 5.97 Å². The number of allylic oxidation sites excluding steroid dienone is 2. The van der Waals surface area contributed by atoms with Crippen molar-refractivity contribution >= 4 is 5.97 Å². The highest BCUT2D eigenvalue weighted by Gasteiger charge is 2.42. The summed E-state index contributed by atoms with van der Waals surface area (Å²) in [6.07, 6.45) is 14.2. The van der Waals surface area contributed by atoms with E-state index in [9.17, 15) is 9.90 Å². The minimum absolute atomic E-state index is 0.0152. The van der Waals surface area contributed by atoms with Gasteiger partial charge in [-0.3, -0.25) is 4.79 Å². The fourth-order valence-electron chi connectivity index (χ4n) is 4.67. The summed E-state index contributed by atoms with van der Waals surface area (Å²) in [6.45, 7) is 11.1. The van der Waals surface area contributed by atoms with E-state index < -0.39 is 12.1 Å². The van der Waals surface area contributed by atoms with Crippen LogP contribution in [0.3, 0.4) is 0 Å². The van der Waals surface area contributed by atoms with E-state index >= 15 is 0 Å². The summed E-state index contributed by atoms with van der Waals surface area (Å²) in [7, 11) is 0. The van der Waals surface area contributed by atoms with Crippen molar-refractivity contribution in [1.29, 1.82) is 0 Å². The van der Waals surface area contributed by atoms with Gasteiger partial charge < -0.3 is 29.2 Å². The number of carboxylic acid groups (broad SMARTS) is 1. The van der Waals surface area contributed by atoms with E-state index in [1.54, 1.807) is 0 Å². The predicted molar refractivity (Wildman–Crippen MR) is 138 cm³/mol. The second-order valence-electron chi connectivity index (χ2n) is 9.31. The van der Waals surface area contributed by atoms with Gasteiger partial charge in [0.2, 0.25) is 0 Å². The quantitative estimate of drug-likeness (QED) is 0.123. The Balaban J connectivity index is 2.94. The molecule has 0 aliphatic heterocycles. The van der Waals surface area contributed by atoms with Crippen LogP contribution in [0.15, 0.2) is 24.3 Å². The molecule has 0 aromatic rings. The molecular weight excluding hydrogens is 448 g/mol. The highest BCUT2D eigenvalue weighted by Crippen LogP contribution is 2.39. The predicted octanol–water partition coefficient (Wildman–Crippen LogP) is 5.86. The smallest absolute Gasteiger partial charge is 0.303 e. The summed E-state index contributed by atoms with van der Waals surface area (Å²) in [6, 6.07) is 0. The zero-order valence-corrected chi connectivity index (χ0v) is 22.6. The number of carboxylic acids is 1. The molecule has 1 saturated carbocycles. The number of carbonyl (C=O) groups is 1. The van der Waals surface area contributed by atoms with Crippen molar-refractivity contribution in [3.05, 3.63) is 24.3 Å². The molecule has 35 heavy (non-hydrogen) atoms. The molecule has 0 bridgehead atoms. The van der Waals surface area contributed by atoms with E-state index in [0.717, 1.165) is 32.1 Å². The molecule has 7 atom stereocenters. The summed E-state index contributed by atoms with van der Waals surface area (Å²) >= 11 is 0. The summed E-state index contributed by atoms with van der Waals surface area (Å²) in [4.78, 5) is 10.7. The van der Waals surface area contributed by atoms with Crippen LogP contribution >= 0.6 is 0 Å². The first kappa shape index (κ1) is 31.8. The van der Waals surface area contributed by atoms with Crippen molar-refractivity contribution < 1.29 is 34.0 Å². The lowest BCUT2D eigenvalue weighted by molar-refractivity contribution is -0.163. The molecule has 204 valence electrons. The second kappa shape index (κ2) is 18.9. The fourth-order valence-corrected chi connectivity index (χ4v) is 4.67. The van der Waals surface area contributed by atoms with Crippen LogP contribution in [0, 0.1) is 11.8 Å². The van der Waals surface area contributed by atoms with Gasteiger partial charge in [-0.1, -0.05) is 50.5 Å². The molecule has 7 nitrogen and oxygen atoms in total. The lowest BCUT2D eigenvalue weighted by Gasteiger charge is -2.26. The molecular formula is C28H50O7. The number of aliphatic carboxylic acids is 1. The number of aliphatic hydroxyl groups is 1. The van der Waals surface area contributed by atoms with Crippen molar-refractivity contribution in [3.8, 4) is 0 Å². The third-order valence-electron chi connectivity index (χ3n) is 6.40. The Morgan fingerprint density at radius 1 is 1.03 bits per heavy atom. The zero-order chi connectivity index (χ0) is 26.1. The number of unbranched alkanes of at least 4 members (excludes halogenated alkanes) is 3. The van der Waals surface area contributed by atoms with Gasteiger partial charge in [-0.25, -0.2) is 0 Å². The molecule has 1 rings (SSSR count). The standard InChI is InChI=1S/C28H50O7/c1-6-9-12-15-23(34-21(4)32-7-2)18-19-25-24(16-13-10-11-14-17-28(30)31)26(29)20-27(25)35-22(5)33-8-3/h10,13,18-19,21-27,29H,6-9,11-12,14-17,20H2,1-5H3,(H,30,31)/b13-10-,19-18+/t21-,22+,23+,24-,25-,26+,27-/m1/s1. The average Bonchev–Trinajstić information content (AvgIpc) is 3.08. The molecule has 0 heterocycles. The van der Waals surface area contributed by atoms with Crippen molar-refractivity contribution in [1.82, 2.24) is 0 Å². The molecule has 0 radical (unpaired) electrons. The Kier molecular flexibility index (Phi) is 17.2. The molecule has 1 aliphatic rings. The first-order chi connectivity index (χ1) is 16.8. The van der Waals surface area contributed by atoms with Crippen LogP contribution in [0.5, 0.6) is 0 Å². The Labute approximate surface area is 212 Å². The normalized spacial score (nSPS) is 25.4. The summed E-state index contributed by atoms with van der Waals surface area (Å²) in [5, 5.41) is 19.7. The molecule has 2 N–H and O–H groups in total. The van der Waals surface area contributed by atoms with E-state index in [2.05, 4.69) is 25.2 Å². The van der Waals surface area contributed by atoms with Crippen molar-refractivity contribution in [3.63, 3.8) is 0 Å². The third kappa shape index (κ3) is 13.6. The lowest BCUT2D eigenvalue weighted by atomic mass is 9.89. The number of hydrogen-bond donors (Lipinski definition) is 2. The molecule has 0 saturated heterocycles. The topological polar surface area (TPSA) is 94.5 Å². The average molecular weight is 499 g/mol. The number of ether oxygens (including phenoxy) is 4. The minimum Gasteiger partial charge on any atom is -0.481 e. The highest BCUT2D eigenvalue weighted by molar-refractivity contribution is 5.66. The summed E-state index contributed by atoms with van der Waals surface area (Å²) in [5.74, 6) is -0.731. The molecule has 0 amide bonds. The van der Waals surface area contributed by atoms with Gasteiger partial charge in [0, 0.05) is 32.0 Å². The SMILES string of the molecule is CCCCC[C@@H](/C=C/[C@@H]1[C@@H](C/C=C\CCCC(=O)O)[C@@H](O)C[C@H]1O[C@@H](C)OCC)O[C@H](C)OCC. The maximum Gasteiger partial charge on any atom is 0.303 e. The zero-order valence-electron chi connectivity index (χ0n) is 22.6. The van der Waals surface area contributed by atoms with E-state index in [1.807, 2.05) is 33.8 Å². The monoisotopic (exact) mass is 498 g/mol. The number of rotatable bonds is 20. The number of aliphatic hydroxyl groups excluding tert-OH is 1. The van der Waals surface area contributed by atoms with Gasteiger partial charge in [0.15, 0.2) is 12.6 Å². The van der Waals surface area contributed by atoms with Gasteiger partial charge in [-0.2, -0.15) is 0 Å². The second-order valence-corrected chi connectivity index (χ2v) is 9.31. The Morgan fingerprint density at radius 3 is 2.40 bits per heavy atom. The first-order valence-electron chi connectivity index (χ1n) is 13.6. The Hall–Kier alpha value is -1.25. The van der Waals surface area contributed by atoms with Gasteiger partial charge in [0.1, 0.15) is 0 Å². The van der Waals surface area contributed by atoms with Gasteiger partial charge in [0.25, 0.3) is 0 Å². The van der Waals surface area contributed by atoms with E-state index in [0.29, 0.717) is 32.5 Å². The van der Waals surface area contributed by atoms with Crippen LogP contribution in [-0.4, -0.2) is 60.3 Å². The Morgan fingerprint density at radius 2 is 1.74 bits per heavy atom. The van der Waals surface area contributed by atoms with Crippen molar-refractivity contribution in [2.24, 2.45) is 11.8 Å². The molecule has 1 aliphatic carbocycles. The molecule has 1 fully saturated rings. The van der Waals surface area contributed by atoms with Crippen molar-refractivity contribution in [2.75, 3.05) is 13.2 Å². The fraction of sp³-hybridized carbons (Fsp3) is 0.821. The van der Waals surface area contributed by atoms with E-state index in [4.69, 9.17) is 24.1 Å². The summed E-state index contributed by atoms with van der Waals surface area (Å²) in [5.41, 5.74) is 0. The van der Waals surface area contributed by atoms with E-state index in [-0.39, 0.29) is 43.0 Å². The molecule has 0 aromatic heterocycles. The van der Waals surface area contributed by atoms with Crippen LogP contribution < -0.4 is 0 Å². The highest BCUT2D eigenvalue weighted by atomic mass is 16.7. The molecule has 0 unspecified atom stereocenters. The molecule has 7 heteroatoms. The minimum atomic E-state index is -0.771. The van der Waals surface area contributed by atoms with Crippen LogP contribution in [0.25, 0.3) is 0 Å². The van der Waals surface area contributed by atoms with Crippen LogP contribution in [0.4, 0.5) is 0 Å². The first-order valence-corrected chi connectivity index (χ1v) is 13.6.